The summed E-state index contributed by atoms with van der Waals surface area (Å²) >= 11 is 7.01. The van der Waals surface area contributed by atoms with Gasteiger partial charge in [-0.1, -0.05) is 19.1 Å². The molecule has 1 rings (SSSR count). The molecule has 1 aromatic rings. The largest absolute Gasteiger partial charge is 0.367 e. The fourth-order valence-electron chi connectivity index (χ4n) is 1.96. The molecule has 0 heterocycles. The van der Waals surface area contributed by atoms with Crippen molar-refractivity contribution in [2.45, 2.75) is 46.8 Å². The summed E-state index contributed by atoms with van der Waals surface area (Å²) in [5.41, 5.74) is 2.07. The van der Waals surface area contributed by atoms with Gasteiger partial charge in [-0.15, -0.1) is 11.8 Å². The molecule has 0 amide bonds. The molecule has 0 radical (unpaired) electrons. The quantitative estimate of drug-likeness (QED) is 0.198. The average Bonchev–Trinajstić information content (AvgIpc) is 2.54. The summed E-state index contributed by atoms with van der Waals surface area (Å²) in [5.74, 6) is 0.972. The first-order valence-electron chi connectivity index (χ1n) is 8.65. The number of anilines is 1. The normalized spacial score (nSPS) is 13.0. The van der Waals surface area contributed by atoms with E-state index in [0.717, 1.165) is 22.0 Å². The van der Waals surface area contributed by atoms with Crippen LogP contribution in [0.4, 0.5) is 5.69 Å². The van der Waals surface area contributed by atoms with E-state index in [2.05, 4.69) is 48.9 Å². The summed E-state index contributed by atoms with van der Waals surface area (Å²) in [4.78, 5) is 4.77. The van der Waals surface area contributed by atoms with E-state index < -0.39 is 0 Å². The van der Waals surface area contributed by atoms with Crippen molar-refractivity contribution in [2.24, 2.45) is 4.99 Å². The van der Waals surface area contributed by atoms with Gasteiger partial charge in [0.2, 0.25) is 0 Å². The van der Waals surface area contributed by atoms with E-state index in [1.54, 1.807) is 11.8 Å². The molecule has 1 atom stereocenters. The Labute approximate surface area is 161 Å². The van der Waals surface area contributed by atoms with Gasteiger partial charge in [0.15, 0.2) is 5.11 Å². The van der Waals surface area contributed by atoms with Crippen LogP contribution >= 0.6 is 24.0 Å². The highest BCUT2D eigenvalue weighted by atomic mass is 32.2. The average molecular weight is 383 g/mol. The van der Waals surface area contributed by atoms with E-state index in [9.17, 15) is 0 Å². The number of nitrogens with zero attached hydrogens (tertiary/aromatic N) is 1. The van der Waals surface area contributed by atoms with Gasteiger partial charge in [0.25, 0.3) is 0 Å². The number of aliphatic imine (C=N–C) groups is 1. The number of hydrogen-bond acceptors (Lipinski definition) is 5. The molecule has 0 aliphatic carbocycles. The van der Waals surface area contributed by atoms with Crippen molar-refractivity contribution in [1.82, 2.24) is 10.6 Å². The van der Waals surface area contributed by atoms with E-state index in [0.29, 0.717) is 24.5 Å². The summed E-state index contributed by atoms with van der Waals surface area (Å²) in [6, 6.07) is 8.49. The van der Waals surface area contributed by atoms with E-state index in [-0.39, 0.29) is 6.17 Å². The molecule has 1 unspecified atom stereocenters. The first kappa shape index (κ1) is 21.9. The SMILES string of the molecule is CCOCNC(C)N=C(SCC)c1ccc(NC(=S)NC(C)C)cc1. The van der Waals surface area contributed by atoms with Crippen LogP contribution in [0.15, 0.2) is 29.3 Å². The van der Waals surface area contributed by atoms with Crippen molar-refractivity contribution < 1.29 is 4.74 Å². The molecule has 0 spiro atoms. The second-order valence-electron chi connectivity index (χ2n) is 5.72. The molecule has 7 heteroatoms. The van der Waals surface area contributed by atoms with E-state index in [1.807, 2.05) is 26.0 Å². The van der Waals surface area contributed by atoms with Crippen LogP contribution in [0.1, 0.15) is 40.2 Å². The lowest BCUT2D eigenvalue weighted by Crippen LogP contribution is -2.33. The number of rotatable bonds is 9. The van der Waals surface area contributed by atoms with Crippen LogP contribution in [0.5, 0.6) is 0 Å². The smallest absolute Gasteiger partial charge is 0.170 e. The van der Waals surface area contributed by atoms with Gasteiger partial charge in [0.05, 0.1) is 17.9 Å². The molecule has 0 aromatic heterocycles. The third kappa shape index (κ3) is 9.21. The Morgan fingerprint density at radius 2 is 1.88 bits per heavy atom. The molecule has 0 saturated heterocycles. The summed E-state index contributed by atoms with van der Waals surface area (Å²) < 4.78 is 5.32. The zero-order valence-electron chi connectivity index (χ0n) is 15.8. The summed E-state index contributed by atoms with van der Waals surface area (Å²) in [7, 11) is 0. The highest BCUT2D eigenvalue weighted by molar-refractivity contribution is 8.14. The number of thiocarbonyl (C=S) groups is 1. The minimum absolute atomic E-state index is 0.00113. The zero-order chi connectivity index (χ0) is 18.7. The van der Waals surface area contributed by atoms with E-state index in [1.165, 1.54) is 0 Å². The first-order valence-corrected chi connectivity index (χ1v) is 10.0. The van der Waals surface area contributed by atoms with Gasteiger partial charge in [0.1, 0.15) is 0 Å². The van der Waals surface area contributed by atoms with Crippen LogP contribution in [0, 0.1) is 0 Å². The highest BCUT2D eigenvalue weighted by Crippen LogP contribution is 2.17. The van der Waals surface area contributed by atoms with Gasteiger partial charge in [-0.25, -0.2) is 0 Å². The fourth-order valence-corrected chi connectivity index (χ4v) is 3.12. The minimum Gasteiger partial charge on any atom is -0.367 e. The van der Waals surface area contributed by atoms with Gasteiger partial charge in [-0.2, -0.15) is 0 Å². The third-order valence-corrected chi connectivity index (χ3v) is 4.21. The molecule has 0 saturated carbocycles. The number of hydrogen-bond donors (Lipinski definition) is 3. The molecular formula is C18H30N4OS2. The molecule has 3 N–H and O–H groups in total. The van der Waals surface area contributed by atoms with Crippen LogP contribution < -0.4 is 16.0 Å². The summed E-state index contributed by atoms with van der Waals surface area (Å²) in [6.07, 6.45) is 0.00113. The predicted molar refractivity (Wildman–Crippen MR) is 115 cm³/mol. The Bertz CT molecular complexity index is 547. The lowest BCUT2D eigenvalue weighted by molar-refractivity contribution is 0.122. The lowest BCUT2D eigenvalue weighted by Gasteiger charge is -2.14. The first-order chi connectivity index (χ1) is 12.0. The Morgan fingerprint density at radius 3 is 2.44 bits per heavy atom. The second kappa shape index (κ2) is 12.2. The van der Waals surface area contributed by atoms with Crippen molar-refractivity contribution in [2.75, 3.05) is 24.4 Å². The molecule has 0 aliphatic rings. The van der Waals surface area contributed by atoms with Crippen LogP contribution in [-0.4, -0.2) is 41.5 Å². The number of benzene rings is 1. The molecule has 0 fully saturated rings. The molecule has 0 aliphatic heterocycles. The van der Waals surface area contributed by atoms with E-state index in [4.69, 9.17) is 21.9 Å². The van der Waals surface area contributed by atoms with E-state index >= 15 is 0 Å². The summed E-state index contributed by atoms with van der Waals surface area (Å²) in [6.45, 7) is 11.5. The van der Waals surface area contributed by atoms with Crippen molar-refractivity contribution in [1.29, 1.82) is 0 Å². The van der Waals surface area contributed by atoms with Crippen molar-refractivity contribution in [3.63, 3.8) is 0 Å². The minimum atomic E-state index is 0.00113. The van der Waals surface area contributed by atoms with Gasteiger partial charge in [0, 0.05) is 23.9 Å². The van der Waals surface area contributed by atoms with Crippen molar-refractivity contribution >= 4 is 39.8 Å². The maximum absolute atomic E-state index is 5.32. The third-order valence-electron chi connectivity index (χ3n) is 3.09. The maximum atomic E-state index is 5.32. The molecule has 25 heavy (non-hydrogen) atoms. The Hall–Kier alpha value is -1.15. The highest BCUT2D eigenvalue weighted by Gasteiger charge is 2.07. The van der Waals surface area contributed by atoms with Crippen LogP contribution in [0.3, 0.4) is 0 Å². The number of thioether (sulfide) groups is 1. The van der Waals surface area contributed by atoms with Crippen molar-refractivity contribution in [3.05, 3.63) is 29.8 Å². The van der Waals surface area contributed by atoms with Gasteiger partial charge < -0.3 is 15.4 Å². The zero-order valence-corrected chi connectivity index (χ0v) is 17.4. The molecular weight excluding hydrogens is 352 g/mol. The Balaban J connectivity index is 2.75. The van der Waals surface area contributed by atoms with Gasteiger partial charge >= 0.3 is 0 Å². The topological polar surface area (TPSA) is 57.7 Å². The number of ether oxygens (including phenoxy) is 1. The van der Waals surface area contributed by atoms with Gasteiger partial charge in [-0.3, -0.25) is 10.3 Å². The second-order valence-corrected chi connectivity index (χ2v) is 7.38. The maximum Gasteiger partial charge on any atom is 0.170 e. The molecule has 0 bridgehead atoms. The van der Waals surface area contributed by atoms with Crippen LogP contribution in [-0.2, 0) is 4.74 Å². The molecule has 140 valence electrons. The standard InChI is InChI=1S/C18H30N4OS2/c1-6-23-12-19-14(5)21-17(25-7-2)15-8-10-16(11-9-15)22-18(24)20-13(3)4/h8-11,13-14,19H,6-7,12H2,1-5H3,(H2,20,22,24). The summed E-state index contributed by atoms with van der Waals surface area (Å²) in [5, 5.41) is 11.3. The van der Waals surface area contributed by atoms with Crippen LogP contribution in [0.2, 0.25) is 0 Å². The predicted octanol–water partition coefficient (Wildman–Crippen LogP) is 3.81. The van der Waals surface area contributed by atoms with Crippen LogP contribution in [0.25, 0.3) is 0 Å². The lowest BCUT2D eigenvalue weighted by atomic mass is 10.2. The molecule has 5 nitrogen and oxygen atoms in total. The van der Waals surface area contributed by atoms with Crippen molar-refractivity contribution in [3.8, 4) is 0 Å². The van der Waals surface area contributed by atoms with Gasteiger partial charge in [-0.05, 0) is 57.8 Å². The number of nitrogens with one attached hydrogen (secondary N) is 3. The Morgan fingerprint density at radius 1 is 1.20 bits per heavy atom. The molecule has 1 aromatic carbocycles. The Kier molecular flexibility index (Phi) is 10.7. The fraction of sp³-hybridized carbons (Fsp3) is 0.556. The monoisotopic (exact) mass is 382 g/mol.